The summed E-state index contributed by atoms with van der Waals surface area (Å²) in [5.41, 5.74) is 1.05. The zero-order valence-electron chi connectivity index (χ0n) is 19.8. The molecule has 1 aliphatic heterocycles. The monoisotopic (exact) mass is 475 g/mol. The van der Waals surface area contributed by atoms with Crippen LogP contribution < -0.4 is 10.2 Å². The Morgan fingerprint density at radius 1 is 1.23 bits per heavy atom. The number of carbonyl (C=O) groups is 2. The molecule has 2 heterocycles. The van der Waals surface area contributed by atoms with Gasteiger partial charge in [0.05, 0.1) is 11.4 Å². The number of aliphatic hydroxyl groups is 2. The minimum Gasteiger partial charge on any atom is -0.396 e. The first kappa shape index (κ1) is 24.3. The van der Waals surface area contributed by atoms with Gasteiger partial charge >= 0.3 is 0 Å². The number of hydrogen-bond donors (Lipinski definition) is 3. The number of amides is 2. The molecule has 2 aromatic carbocycles. The third-order valence-corrected chi connectivity index (χ3v) is 6.26. The summed E-state index contributed by atoms with van der Waals surface area (Å²) in [5, 5.41) is 31.5. The highest BCUT2D eigenvalue weighted by Crippen LogP contribution is 2.45. The number of rotatable bonds is 9. The number of fused-ring (bicyclic) bond motifs is 1. The second kappa shape index (κ2) is 10.2. The average molecular weight is 476 g/mol. The Morgan fingerprint density at radius 2 is 2.00 bits per heavy atom. The first-order valence-corrected chi connectivity index (χ1v) is 11.5. The molecular weight excluding hydrogens is 446 g/mol. The van der Waals surface area contributed by atoms with E-state index in [0.29, 0.717) is 41.9 Å². The van der Waals surface area contributed by atoms with Crippen LogP contribution in [0.15, 0.2) is 66.9 Å². The molecule has 0 aliphatic carbocycles. The van der Waals surface area contributed by atoms with Gasteiger partial charge < -0.3 is 20.4 Å². The van der Waals surface area contributed by atoms with Crippen molar-refractivity contribution >= 4 is 23.2 Å². The minimum atomic E-state index is -1.75. The minimum absolute atomic E-state index is 0.0241. The van der Waals surface area contributed by atoms with Crippen LogP contribution in [-0.2, 0) is 23.4 Å². The maximum atomic E-state index is 13.1. The van der Waals surface area contributed by atoms with E-state index in [1.54, 1.807) is 67.3 Å². The topological polar surface area (TPSA) is 121 Å². The molecule has 0 saturated carbocycles. The van der Waals surface area contributed by atoms with Crippen LogP contribution >= 0.6 is 0 Å². The van der Waals surface area contributed by atoms with E-state index >= 15 is 0 Å². The van der Waals surface area contributed by atoms with E-state index in [2.05, 4.69) is 15.6 Å². The molecule has 0 bridgehead atoms. The van der Waals surface area contributed by atoms with Crippen LogP contribution in [0.1, 0.15) is 35.0 Å². The van der Waals surface area contributed by atoms with Gasteiger partial charge in [-0.25, -0.2) is 0 Å². The molecule has 3 N–H and O–H groups in total. The van der Waals surface area contributed by atoms with Crippen molar-refractivity contribution in [1.29, 1.82) is 0 Å². The number of anilines is 2. The molecule has 0 radical (unpaired) electrons. The summed E-state index contributed by atoms with van der Waals surface area (Å²) in [6.07, 6.45) is 6.61. The number of nitrogens with one attached hydrogen (secondary N) is 1. The number of aromatic nitrogens is 3. The fraction of sp³-hybridized carbons (Fsp3) is 0.308. The lowest BCUT2D eigenvalue weighted by Crippen LogP contribution is -2.43. The van der Waals surface area contributed by atoms with Gasteiger partial charge in [-0.1, -0.05) is 42.5 Å². The number of likely N-dealkylation sites (N-methyl/N-ethyl adjacent to an activating group) is 1. The summed E-state index contributed by atoms with van der Waals surface area (Å²) >= 11 is 0. The zero-order chi connectivity index (χ0) is 25.0. The largest absolute Gasteiger partial charge is 0.396 e. The van der Waals surface area contributed by atoms with Crippen molar-refractivity contribution in [3.05, 3.63) is 83.7 Å². The summed E-state index contributed by atoms with van der Waals surface area (Å²) in [6, 6.07) is 14.0. The molecule has 0 fully saturated rings. The van der Waals surface area contributed by atoms with Crippen LogP contribution in [0.2, 0.25) is 0 Å². The van der Waals surface area contributed by atoms with Crippen molar-refractivity contribution in [2.75, 3.05) is 23.9 Å². The second-order valence-electron chi connectivity index (χ2n) is 8.63. The Labute approximate surface area is 203 Å². The zero-order valence-corrected chi connectivity index (χ0v) is 19.8. The van der Waals surface area contributed by atoms with Gasteiger partial charge in [-0.2, -0.15) is 0 Å². The molecule has 0 spiro atoms. The number of hydrogen-bond acceptors (Lipinski definition) is 6. The summed E-state index contributed by atoms with van der Waals surface area (Å²) in [6.45, 7) is 2.40. The number of aryl methyl sites for hydroxylation is 1. The lowest BCUT2D eigenvalue weighted by atomic mass is 9.82. The van der Waals surface area contributed by atoms with Gasteiger partial charge in [0.25, 0.3) is 11.8 Å². The van der Waals surface area contributed by atoms with Crippen molar-refractivity contribution in [2.24, 2.45) is 5.92 Å². The summed E-state index contributed by atoms with van der Waals surface area (Å²) in [5.74, 6) is -1.20. The lowest BCUT2D eigenvalue weighted by molar-refractivity contribution is -0.139. The normalized spacial score (nSPS) is 18.2. The highest BCUT2D eigenvalue weighted by molar-refractivity contribution is 6.08. The summed E-state index contributed by atoms with van der Waals surface area (Å²) in [7, 11) is 1.63. The SMILES string of the molecule is C[C@@H](/C=C/CCn1cc(CCO)nn1)[C@]1(O)C(=O)N(C)c2ccc(NC(=O)c3ccccc3)cc21. The standard InChI is InChI=1S/C26H29N5O4/c1-18(8-6-7-14-31-17-21(13-15-32)28-29-31)26(35)22-16-20(11-12-23(22)30(2)25(26)34)27-24(33)19-9-4-3-5-10-19/h3-6,8-12,16-18,32,35H,7,13-15H2,1-2H3,(H,27,33)/b8-6+/t18-,26+/m0/s1. The van der Waals surface area contributed by atoms with Gasteiger partial charge in [0.15, 0.2) is 5.60 Å². The third-order valence-electron chi connectivity index (χ3n) is 6.26. The van der Waals surface area contributed by atoms with E-state index in [-0.39, 0.29) is 12.5 Å². The van der Waals surface area contributed by atoms with Crippen molar-refractivity contribution in [3.8, 4) is 0 Å². The van der Waals surface area contributed by atoms with Crippen LogP contribution in [0.25, 0.3) is 0 Å². The lowest BCUT2D eigenvalue weighted by Gasteiger charge is -2.27. The van der Waals surface area contributed by atoms with Crippen LogP contribution in [0.5, 0.6) is 0 Å². The summed E-state index contributed by atoms with van der Waals surface area (Å²) in [4.78, 5) is 27.1. The fourth-order valence-electron chi connectivity index (χ4n) is 4.25. The van der Waals surface area contributed by atoms with Gasteiger partial charge in [0, 0.05) is 55.5 Å². The molecule has 3 aromatic rings. The Hall–Kier alpha value is -3.82. The van der Waals surface area contributed by atoms with E-state index in [9.17, 15) is 14.7 Å². The maximum Gasteiger partial charge on any atom is 0.264 e. The molecule has 0 unspecified atom stereocenters. The third kappa shape index (κ3) is 4.87. The van der Waals surface area contributed by atoms with Gasteiger partial charge in [0.2, 0.25) is 0 Å². The van der Waals surface area contributed by atoms with E-state index < -0.39 is 17.4 Å². The molecule has 182 valence electrons. The molecule has 1 aromatic heterocycles. The van der Waals surface area contributed by atoms with Crippen molar-refractivity contribution < 1.29 is 19.8 Å². The van der Waals surface area contributed by atoms with Crippen LogP contribution in [0, 0.1) is 5.92 Å². The predicted octanol–water partition coefficient (Wildman–Crippen LogP) is 2.51. The molecule has 2 amide bonds. The average Bonchev–Trinajstić information content (AvgIpc) is 3.39. The molecule has 2 atom stereocenters. The van der Waals surface area contributed by atoms with Gasteiger partial charge in [0.1, 0.15) is 0 Å². The Balaban J connectivity index is 1.49. The van der Waals surface area contributed by atoms with E-state index in [4.69, 9.17) is 5.11 Å². The molecule has 4 rings (SSSR count). The molecule has 35 heavy (non-hydrogen) atoms. The van der Waals surface area contributed by atoms with E-state index in [1.807, 2.05) is 18.2 Å². The molecule has 1 aliphatic rings. The maximum absolute atomic E-state index is 13.1. The second-order valence-corrected chi connectivity index (χ2v) is 8.63. The highest BCUT2D eigenvalue weighted by Gasteiger charge is 2.51. The highest BCUT2D eigenvalue weighted by atomic mass is 16.3. The quantitative estimate of drug-likeness (QED) is 0.409. The van der Waals surface area contributed by atoms with Crippen LogP contribution in [-0.4, -0.2) is 50.7 Å². The van der Waals surface area contributed by atoms with E-state index in [0.717, 1.165) is 5.69 Å². The molecule has 9 heteroatoms. The van der Waals surface area contributed by atoms with Crippen LogP contribution in [0.4, 0.5) is 11.4 Å². The van der Waals surface area contributed by atoms with Gasteiger partial charge in [-0.15, -0.1) is 5.10 Å². The number of benzene rings is 2. The van der Waals surface area contributed by atoms with Gasteiger partial charge in [-0.05, 0) is 36.8 Å². The fourth-order valence-corrected chi connectivity index (χ4v) is 4.25. The van der Waals surface area contributed by atoms with E-state index in [1.165, 1.54) is 4.90 Å². The first-order valence-electron chi connectivity index (χ1n) is 11.5. The number of allylic oxidation sites excluding steroid dienone is 1. The van der Waals surface area contributed by atoms with Gasteiger partial charge in [-0.3, -0.25) is 14.3 Å². The Morgan fingerprint density at radius 3 is 2.74 bits per heavy atom. The van der Waals surface area contributed by atoms with Crippen LogP contribution in [0.3, 0.4) is 0 Å². The number of nitrogens with zero attached hydrogens (tertiary/aromatic N) is 4. The van der Waals surface area contributed by atoms with Crippen molar-refractivity contribution in [3.63, 3.8) is 0 Å². The summed E-state index contributed by atoms with van der Waals surface area (Å²) < 4.78 is 1.69. The predicted molar refractivity (Wildman–Crippen MR) is 132 cm³/mol. The number of aliphatic hydroxyl groups excluding tert-OH is 1. The molecular formula is C26H29N5O4. The smallest absolute Gasteiger partial charge is 0.264 e. The van der Waals surface area contributed by atoms with Crippen molar-refractivity contribution in [1.82, 2.24) is 15.0 Å². The first-order chi connectivity index (χ1) is 16.8. The Kier molecular flexibility index (Phi) is 7.09. The Bertz CT molecular complexity index is 1240. The van der Waals surface area contributed by atoms with Crippen molar-refractivity contribution in [2.45, 2.75) is 31.9 Å². The number of carbonyl (C=O) groups excluding carboxylic acids is 2. The molecule has 0 saturated heterocycles. The molecule has 9 nitrogen and oxygen atoms in total.